The lowest BCUT2D eigenvalue weighted by Crippen LogP contribution is -2.51. The maximum atomic E-state index is 13.4. The van der Waals surface area contributed by atoms with Crippen LogP contribution in [0, 0.1) is 12.7 Å². The molecule has 1 atom stereocenters. The number of ketones is 1. The predicted octanol–water partition coefficient (Wildman–Crippen LogP) is 2.77. The zero-order valence-corrected chi connectivity index (χ0v) is 16.0. The van der Waals surface area contributed by atoms with Crippen LogP contribution in [0.3, 0.4) is 0 Å². The first-order valence-electron chi connectivity index (χ1n) is 9.02. The van der Waals surface area contributed by atoms with Crippen molar-refractivity contribution in [3.05, 3.63) is 64.5 Å². The molecule has 1 N–H and O–H groups in total. The number of rotatable bonds is 3. The van der Waals surface area contributed by atoms with Crippen LogP contribution < -0.4 is 5.32 Å². The van der Waals surface area contributed by atoms with Crippen molar-refractivity contribution in [3.8, 4) is 5.95 Å². The fourth-order valence-corrected chi connectivity index (χ4v) is 3.65. The van der Waals surface area contributed by atoms with E-state index < -0.39 is 28.9 Å². The monoisotopic (exact) mass is 420 g/mol. The standard InChI is InChI=1S/C19H16F4N6O/c1-10-12(4-3-5-13(10)19(21,22)23)16(30)18(2)15-14(6-7-26-18)29(28-27-15)17-24-8-11(20)9-25-17/h3-5,8-9,26H,6-7H2,1-2H3. The molecule has 1 unspecified atom stereocenters. The van der Waals surface area contributed by atoms with Crippen molar-refractivity contribution < 1.29 is 22.4 Å². The molecule has 156 valence electrons. The van der Waals surface area contributed by atoms with Gasteiger partial charge in [-0.3, -0.25) is 10.1 Å². The number of halogens is 4. The molecule has 3 heterocycles. The lowest BCUT2D eigenvalue weighted by Gasteiger charge is -2.33. The van der Waals surface area contributed by atoms with Crippen molar-refractivity contribution in [1.29, 1.82) is 0 Å². The molecule has 0 radical (unpaired) electrons. The molecular weight excluding hydrogens is 404 g/mol. The summed E-state index contributed by atoms with van der Waals surface area (Å²) in [5, 5.41) is 11.1. The van der Waals surface area contributed by atoms with E-state index in [1.807, 2.05) is 0 Å². The van der Waals surface area contributed by atoms with Crippen molar-refractivity contribution in [2.45, 2.75) is 32.0 Å². The number of carbonyl (C=O) groups excluding carboxylic acids is 1. The molecule has 2 aromatic heterocycles. The van der Waals surface area contributed by atoms with Gasteiger partial charge in [0.2, 0.25) is 0 Å². The molecule has 0 bridgehead atoms. The van der Waals surface area contributed by atoms with Crippen LogP contribution in [-0.2, 0) is 18.1 Å². The Balaban J connectivity index is 1.79. The Morgan fingerprint density at radius 2 is 1.93 bits per heavy atom. The summed E-state index contributed by atoms with van der Waals surface area (Å²) < 4.78 is 54.3. The molecule has 0 spiro atoms. The molecule has 1 aliphatic heterocycles. The van der Waals surface area contributed by atoms with Crippen molar-refractivity contribution in [2.75, 3.05) is 6.54 Å². The molecule has 1 aliphatic rings. The number of benzene rings is 1. The Morgan fingerprint density at radius 1 is 1.23 bits per heavy atom. The first kappa shape index (κ1) is 20.1. The molecule has 7 nitrogen and oxygen atoms in total. The number of hydrogen-bond donors (Lipinski definition) is 1. The molecule has 1 aromatic carbocycles. The van der Waals surface area contributed by atoms with E-state index in [2.05, 4.69) is 25.6 Å². The van der Waals surface area contributed by atoms with Gasteiger partial charge in [0.25, 0.3) is 5.95 Å². The Morgan fingerprint density at radius 3 is 2.60 bits per heavy atom. The molecule has 0 aliphatic carbocycles. The van der Waals surface area contributed by atoms with Gasteiger partial charge in [0.15, 0.2) is 11.6 Å². The molecule has 4 rings (SSSR count). The summed E-state index contributed by atoms with van der Waals surface area (Å²) in [4.78, 5) is 21.1. The number of Topliss-reactive ketones (excluding diaryl/α,β-unsaturated/α-hetero) is 1. The van der Waals surface area contributed by atoms with Gasteiger partial charge in [-0.15, -0.1) is 5.10 Å². The maximum absolute atomic E-state index is 13.4. The summed E-state index contributed by atoms with van der Waals surface area (Å²) in [6, 6.07) is 3.51. The van der Waals surface area contributed by atoms with Crippen LogP contribution in [0.1, 0.15) is 39.8 Å². The highest BCUT2D eigenvalue weighted by Crippen LogP contribution is 2.36. The minimum absolute atomic E-state index is 0.0553. The van der Waals surface area contributed by atoms with Gasteiger partial charge in [0.1, 0.15) is 11.2 Å². The van der Waals surface area contributed by atoms with Crippen LogP contribution in [0.5, 0.6) is 0 Å². The SMILES string of the molecule is Cc1c(C(=O)C2(C)NCCc3c2nnn3-c2ncc(F)cn2)cccc1C(F)(F)F. The van der Waals surface area contributed by atoms with Crippen LogP contribution in [0.15, 0.2) is 30.6 Å². The number of carbonyl (C=O) groups is 1. The van der Waals surface area contributed by atoms with Crippen LogP contribution in [0.4, 0.5) is 17.6 Å². The van der Waals surface area contributed by atoms with Crippen LogP contribution in [-0.4, -0.2) is 37.3 Å². The summed E-state index contributed by atoms with van der Waals surface area (Å²) in [5.41, 5.74) is -1.68. The van der Waals surface area contributed by atoms with Crippen LogP contribution in [0.25, 0.3) is 5.95 Å². The van der Waals surface area contributed by atoms with Crippen molar-refractivity contribution >= 4 is 5.78 Å². The second-order valence-electron chi connectivity index (χ2n) is 7.10. The summed E-state index contributed by atoms with van der Waals surface area (Å²) in [6.45, 7) is 3.17. The van der Waals surface area contributed by atoms with Gasteiger partial charge in [-0.1, -0.05) is 17.3 Å². The predicted molar refractivity (Wildman–Crippen MR) is 96.5 cm³/mol. The lowest BCUT2D eigenvalue weighted by molar-refractivity contribution is -0.138. The second kappa shape index (κ2) is 6.94. The van der Waals surface area contributed by atoms with Gasteiger partial charge in [0.05, 0.1) is 23.7 Å². The maximum Gasteiger partial charge on any atom is 0.416 e. The normalized spacial score (nSPS) is 18.9. The zero-order chi connectivity index (χ0) is 21.7. The second-order valence-corrected chi connectivity index (χ2v) is 7.10. The van der Waals surface area contributed by atoms with Crippen molar-refractivity contribution in [2.24, 2.45) is 0 Å². The Kier molecular flexibility index (Phi) is 4.64. The van der Waals surface area contributed by atoms with Crippen LogP contribution in [0.2, 0.25) is 0 Å². The number of nitrogens with zero attached hydrogens (tertiary/aromatic N) is 5. The van der Waals surface area contributed by atoms with E-state index >= 15 is 0 Å². The molecule has 30 heavy (non-hydrogen) atoms. The van der Waals surface area contributed by atoms with Gasteiger partial charge < -0.3 is 0 Å². The number of alkyl halides is 3. The molecule has 0 saturated carbocycles. The number of nitrogens with one attached hydrogen (secondary N) is 1. The largest absolute Gasteiger partial charge is 0.416 e. The Hall–Kier alpha value is -3.21. The fourth-order valence-electron chi connectivity index (χ4n) is 3.65. The Bertz CT molecular complexity index is 1130. The highest BCUT2D eigenvalue weighted by molar-refractivity contribution is 6.04. The number of fused-ring (bicyclic) bond motifs is 1. The van der Waals surface area contributed by atoms with E-state index in [1.165, 1.54) is 23.7 Å². The minimum Gasteiger partial charge on any atom is -0.299 e. The van der Waals surface area contributed by atoms with E-state index in [0.717, 1.165) is 18.5 Å². The van der Waals surface area contributed by atoms with Crippen molar-refractivity contribution in [1.82, 2.24) is 30.3 Å². The van der Waals surface area contributed by atoms with Gasteiger partial charge in [-0.2, -0.15) is 17.9 Å². The van der Waals surface area contributed by atoms with Crippen LogP contribution >= 0.6 is 0 Å². The molecule has 3 aromatic rings. The van der Waals surface area contributed by atoms with E-state index in [1.54, 1.807) is 6.92 Å². The van der Waals surface area contributed by atoms with Gasteiger partial charge in [-0.25, -0.2) is 14.4 Å². The molecule has 0 saturated heterocycles. The summed E-state index contributed by atoms with van der Waals surface area (Å²) in [5.74, 6) is -1.09. The van der Waals surface area contributed by atoms with E-state index in [0.29, 0.717) is 18.7 Å². The quantitative estimate of drug-likeness (QED) is 0.518. The Labute approximate surface area is 168 Å². The highest BCUT2D eigenvalue weighted by Gasteiger charge is 2.45. The smallest absolute Gasteiger partial charge is 0.299 e. The molecule has 0 fully saturated rings. The first-order valence-corrected chi connectivity index (χ1v) is 9.02. The van der Waals surface area contributed by atoms with Gasteiger partial charge >= 0.3 is 6.18 Å². The average Bonchev–Trinajstić information content (AvgIpc) is 3.13. The van der Waals surface area contributed by atoms with E-state index in [9.17, 15) is 22.4 Å². The average molecular weight is 420 g/mol. The first-order chi connectivity index (χ1) is 14.1. The third-order valence-corrected chi connectivity index (χ3v) is 5.21. The number of hydrogen-bond acceptors (Lipinski definition) is 6. The third kappa shape index (κ3) is 3.15. The van der Waals surface area contributed by atoms with E-state index in [-0.39, 0.29) is 22.8 Å². The van der Waals surface area contributed by atoms with Gasteiger partial charge in [0, 0.05) is 18.5 Å². The molecule has 0 amide bonds. The number of aromatic nitrogens is 5. The molecule has 11 heteroatoms. The topological polar surface area (TPSA) is 85.6 Å². The minimum atomic E-state index is -4.57. The fraction of sp³-hybridized carbons (Fsp3) is 0.316. The highest BCUT2D eigenvalue weighted by atomic mass is 19.4. The van der Waals surface area contributed by atoms with Gasteiger partial charge in [-0.05, 0) is 25.5 Å². The molecular formula is C19H16F4N6O. The summed E-state index contributed by atoms with van der Waals surface area (Å²) >= 11 is 0. The third-order valence-electron chi connectivity index (χ3n) is 5.21. The lowest BCUT2D eigenvalue weighted by atomic mass is 9.82. The zero-order valence-electron chi connectivity index (χ0n) is 16.0. The van der Waals surface area contributed by atoms with E-state index in [4.69, 9.17) is 0 Å². The van der Waals surface area contributed by atoms with Crippen molar-refractivity contribution in [3.63, 3.8) is 0 Å². The summed E-state index contributed by atoms with van der Waals surface area (Å²) in [6.07, 6.45) is -2.19. The summed E-state index contributed by atoms with van der Waals surface area (Å²) in [7, 11) is 0.